The van der Waals surface area contributed by atoms with E-state index in [0.29, 0.717) is 33.9 Å². The van der Waals surface area contributed by atoms with Crippen molar-refractivity contribution in [3.63, 3.8) is 0 Å². The molecular weight excluding hydrogens is 426 g/mol. The molecule has 0 aliphatic carbocycles. The summed E-state index contributed by atoms with van der Waals surface area (Å²) >= 11 is 6.68. The van der Waals surface area contributed by atoms with Gasteiger partial charge in [-0.05, 0) is 46.5 Å². The van der Waals surface area contributed by atoms with Crippen LogP contribution in [0.3, 0.4) is 0 Å². The van der Waals surface area contributed by atoms with Crippen molar-refractivity contribution >= 4 is 51.1 Å². The molecule has 3 aromatic carbocycles. The molecule has 0 atom stereocenters. The van der Waals surface area contributed by atoms with Gasteiger partial charge in [-0.25, -0.2) is 0 Å². The van der Waals surface area contributed by atoms with E-state index in [1.54, 1.807) is 12.0 Å². The highest BCUT2D eigenvalue weighted by Gasteiger charge is 2.31. The molecule has 4 rings (SSSR count). The van der Waals surface area contributed by atoms with E-state index < -0.39 is 0 Å². The van der Waals surface area contributed by atoms with Gasteiger partial charge in [-0.2, -0.15) is 0 Å². The molecule has 0 aromatic heterocycles. The average Bonchev–Trinajstić information content (AvgIpc) is 3.05. The molecule has 1 aliphatic rings. The standard InChI is InChI=1S/C25H23NO3S2/c1-3-13-26-24(27)23(31-25(26)30)15-17-11-12-21(22(14-17)28-2)29-16-19-9-6-8-18-7-4-5-10-20(18)19/h4-12,14-15H,3,13,16H2,1-2H3/b23-15-. The van der Waals surface area contributed by atoms with Crippen molar-refractivity contribution in [3.8, 4) is 11.5 Å². The van der Waals surface area contributed by atoms with Crippen molar-refractivity contribution in [2.24, 2.45) is 0 Å². The van der Waals surface area contributed by atoms with E-state index in [-0.39, 0.29) is 5.91 Å². The number of methoxy groups -OCH3 is 1. The van der Waals surface area contributed by atoms with Crippen LogP contribution in [0.1, 0.15) is 24.5 Å². The van der Waals surface area contributed by atoms with Gasteiger partial charge in [0.15, 0.2) is 11.5 Å². The zero-order valence-corrected chi connectivity index (χ0v) is 19.1. The Morgan fingerprint density at radius 1 is 1.06 bits per heavy atom. The maximum absolute atomic E-state index is 12.6. The van der Waals surface area contributed by atoms with Gasteiger partial charge in [0.2, 0.25) is 0 Å². The van der Waals surface area contributed by atoms with Gasteiger partial charge in [-0.3, -0.25) is 9.69 Å². The van der Waals surface area contributed by atoms with Gasteiger partial charge in [-0.15, -0.1) is 0 Å². The first-order valence-corrected chi connectivity index (χ1v) is 11.4. The summed E-state index contributed by atoms with van der Waals surface area (Å²) in [6, 6.07) is 20.1. The van der Waals surface area contributed by atoms with Gasteiger partial charge >= 0.3 is 0 Å². The zero-order valence-electron chi connectivity index (χ0n) is 17.5. The monoisotopic (exact) mass is 449 g/mol. The highest BCUT2D eigenvalue weighted by atomic mass is 32.2. The first-order chi connectivity index (χ1) is 15.1. The fourth-order valence-electron chi connectivity index (χ4n) is 3.53. The predicted octanol–water partition coefficient (Wildman–Crippen LogP) is 6.04. The fourth-order valence-corrected chi connectivity index (χ4v) is 4.84. The second kappa shape index (κ2) is 9.54. The number of benzene rings is 3. The van der Waals surface area contributed by atoms with Crippen LogP contribution in [-0.4, -0.2) is 28.8 Å². The van der Waals surface area contributed by atoms with Crippen LogP contribution in [-0.2, 0) is 11.4 Å². The number of hydrogen-bond acceptors (Lipinski definition) is 5. The third-order valence-corrected chi connectivity index (χ3v) is 6.45. The van der Waals surface area contributed by atoms with E-state index in [1.807, 2.05) is 49.4 Å². The van der Waals surface area contributed by atoms with Crippen LogP contribution in [0.25, 0.3) is 16.8 Å². The molecule has 6 heteroatoms. The smallest absolute Gasteiger partial charge is 0.266 e. The van der Waals surface area contributed by atoms with Gasteiger partial charge in [0.25, 0.3) is 5.91 Å². The third-order valence-electron chi connectivity index (χ3n) is 5.07. The van der Waals surface area contributed by atoms with Crippen molar-refractivity contribution in [2.75, 3.05) is 13.7 Å². The number of thioether (sulfide) groups is 1. The van der Waals surface area contributed by atoms with Crippen molar-refractivity contribution in [3.05, 3.63) is 76.7 Å². The molecule has 0 bridgehead atoms. The van der Waals surface area contributed by atoms with Crippen LogP contribution >= 0.6 is 24.0 Å². The Hall–Kier alpha value is -2.83. The van der Waals surface area contributed by atoms with Crippen LogP contribution in [0.5, 0.6) is 11.5 Å². The van der Waals surface area contributed by atoms with Crippen molar-refractivity contribution < 1.29 is 14.3 Å². The minimum absolute atomic E-state index is 0.0351. The predicted molar refractivity (Wildman–Crippen MR) is 131 cm³/mol. The topological polar surface area (TPSA) is 38.8 Å². The second-order valence-electron chi connectivity index (χ2n) is 7.17. The van der Waals surface area contributed by atoms with E-state index in [0.717, 1.165) is 17.5 Å². The lowest BCUT2D eigenvalue weighted by molar-refractivity contribution is -0.122. The average molecular weight is 450 g/mol. The van der Waals surface area contributed by atoms with Crippen molar-refractivity contribution in [1.82, 2.24) is 4.90 Å². The van der Waals surface area contributed by atoms with Gasteiger partial charge in [0.05, 0.1) is 12.0 Å². The molecule has 1 fully saturated rings. The molecule has 4 nitrogen and oxygen atoms in total. The Kier molecular flexibility index (Phi) is 6.59. The van der Waals surface area contributed by atoms with Gasteiger partial charge in [-0.1, -0.05) is 79.4 Å². The number of rotatable bonds is 7. The molecule has 1 aliphatic heterocycles. The molecule has 0 saturated carbocycles. The van der Waals surface area contributed by atoms with E-state index in [1.165, 1.54) is 22.5 Å². The second-order valence-corrected chi connectivity index (χ2v) is 8.85. The number of carbonyl (C=O) groups is 1. The van der Waals surface area contributed by atoms with Gasteiger partial charge in [0, 0.05) is 6.54 Å². The minimum atomic E-state index is -0.0351. The molecule has 0 radical (unpaired) electrons. The molecule has 31 heavy (non-hydrogen) atoms. The molecule has 1 saturated heterocycles. The lowest BCUT2D eigenvalue weighted by atomic mass is 10.1. The third kappa shape index (κ3) is 4.60. The number of carbonyl (C=O) groups excluding carboxylic acids is 1. The Bertz CT molecular complexity index is 1170. The van der Waals surface area contributed by atoms with E-state index in [9.17, 15) is 4.79 Å². The Morgan fingerprint density at radius 2 is 1.87 bits per heavy atom. The van der Waals surface area contributed by atoms with Crippen molar-refractivity contribution in [1.29, 1.82) is 0 Å². The Morgan fingerprint density at radius 3 is 2.68 bits per heavy atom. The number of nitrogens with zero attached hydrogens (tertiary/aromatic N) is 1. The highest BCUT2D eigenvalue weighted by molar-refractivity contribution is 8.26. The van der Waals surface area contributed by atoms with E-state index >= 15 is 0 Å². The van der Waals surface area contributed by atoms with Crippen LogP contribution in [0.15, 0.2) is 65.6 Å². The van der Waals surface area contributed by atoms with E-state index in [2.05, 4.69) is 24.3 Å². The number of fused-ring (bicyclic) bond motifs is 1. The van der Waals surface area contributed by atoms with Gasteiger partial charge < -0.3 is 9.47 Å². The summed E-state index contributed by atoms with van der Waals surface area (Å²) in [4.78, 5) is 14.9. The summed E-state index contributed by atoms with van der Waals surface area (Å²) in [5.41, 5.74) is 1.98. The largest absolute Gasteiger partial charge is 0.493 e. The summed E-state index contributed by atoms with van der Waals surface area (Å²) in [6.45, 7) is 3.11. The Balaban J connectivity index is 1.53. The first kappa shape index (κ1) is 21.4. The molecule has 0 unspecified atom stereocenters. The summed E-state index contributed by atoms with van der Waals surface area (Å²) in [5, 5.41) is 2.36. The van der Waals surface area contributed by atoms with Crippen LogP contribution in [0.2, 0.25) is 0 Å². The van der Waals surface area contributed by atoms with Crippen LogP contribution in [0.4, 0.5) is 0 Å². The number of hydrogen-bond donors (Lipinski definition) is 0. The van der Waals surface area contributed by atoms with Crippen LogP contribution in [0, 0.1) is 0 Å². The number of amides is 1. The maximum atomic E-state index is 12.6. The summed E-state index contributed by atoms with van der Waals surface area (Å²) < 4.78 is 12.3. The molecule has 1 amide bonds. The molecule has 1 heterocycles. The zero-order chi connectivity index (χ0) is 21.8. The normalized spacial score (nSPS) is 15.2. The number of thiocarbonyl (C=S) groups is 1. The molecule has 3 aromatic rings. The lowest BCUT2D eigenvalue weighted by Gasteiger charge is -2.13. The minimum Gasteiger partial charge on any atom is -0.493 e. The molecule has 158 valence electrons. The van der Waals surface area contributed by atoms with Crippen LogP contribution < -0.4 is 9.47 Å². The highest BCUT2D eigenvalue weighted by Crippen LogP contribution is 2.35. The molecular formula is C25H23NO3S2. The fraction of sp³-hybridized carbons (Fsp3) is 0.200. The molecule has 0 spiro atoms. The lowest BCUT2D eigenvalue weighted by Crippen LogP contribution is -2.28. The summed E-state index contributed by atoms with van der Waals surface area (Å²) in [7, 11) is 1.62. The number of ether oxygens (including phenoxy) is 2. The Labute approximate surface area is 191 Å². The SMILES string of the molecule is CCCN1C(=O)/C(=C/c2ccc(OCc3cccc4ccccc34)c(OC)c2)SC1=S. The van der Waals surface area contributed by atoms with E-state index in [4.69, 9.17) is 21.7 Å². The van der Waals surface area contributed by atoms with Gasteiger partial charge in [0.1, 0.15) is 10.9 Å². The maximum Gasteiger partial charge on any atom is 0.266 e. The first-order valence-electron chi connectivity index (χ1n) is 10.1. The van der Waals surface area contributed by atoms with Crippen molar-refractivity contribution in [2.45, 2.75) is 20.0 Å². The summed E-state index contributed by atoms with van der Waals surface area (Å²) in [5.74, 6) is 1.25. The summed E-state index contributed by atoms with van der Waals surface area (Å²) in [6.07, 6.45) is 2.72. The molecule has 0 N–H and O–H groups in total. The quantitative estimate of drug-likeness (QED) is 0.325.